The van der Waals surface area contributed by atoms with Crippen LogP contribution in [0, 0.1) is 0 Å². The van der Waals surface area contributed by atoms with Gasteiger partial charge in [0.05, 0.1) is 0 Å². The Hall–Kier alpha value is -2.95. The summed E-state index contributed by atoms with van der Waals surface area (Å²) >= 11 is 0. The van der Waals surface area contributed by atoms with Gasteiger partial charge in [-0.2, -0.15) is 0 Å². The smallest absolute Gasteiger partial charge is 0.339 e. The fraction of sp³-hybridized carbons (Fsp3) is 0. The average molecular weight is 266 g/mol. The Morgan fingerprint density at radius 2 is 1.85 bits per heavy atom. The van der Waals surface area contributed by atoms with Gasteiger partial charge in [-0.1, -0.05) is 24.3 Å². The molecule has 3 aromatic rings. The van der Waals surface area contributed by atoms with Crippen LogP contribution < -0.4 is 4.74 Å². The molecule has 0 amide bonds. The maximum Gasteiger partial charge on any atom is 0.339 e. The van der Waals surface area contributed by atoms with E-state index in [0.717, 1.165) is 10.8 Å². The van der Waals surface area contributed by atoms with Crippen molar-refractivity contribution in [2.75, 3.05) is 0 Å². The fourth-order valence-electron chi connectivity index (χ4n) is 1.92. The van der Waals surface area contributed by atoms with E-state index in [2.05, 4.69) is 9.97 Å². The number of benzene rings is 2. The topological polar surface area (TPSA) is 72.3 Å². The van der Waals surface area contributed by atoms with Crippen molar-refractivity contribution < 1.29 is 14.6 Å². The maximum atomic E-state index is 11.3. The van der Waals surface area contributed by atoms with Crippen LogP contribution in [0.15, 0.2) is 55.0 Å². The van der Waals surface area contributed by atoms with Crippen LogP contribution >= 0.6 is 0 Å². The summed E-state index contributed by atoms with van der Waals surface area (Å²) in [4.78, 5) is 19.1. The van der Waals surface area contributed by atoms with Crippen molar-refractivity contribution in [3.8, 4) is 11.6 Å². The first kappa shape index (κ1) is 12.1. The van der Waals surface area contributed by atoms with Crippen LogP contribution in [0.4, 0.5) is 0 Å². The highest BCUT2D eigenvalue weighted by Gasteiger charge is 2.14. The van der Waals surface area contributed by atoms with Crippen molar-refractivity contribution in [2.24, 2.45) is 0 Å². The first-order valence-corrected chi connectivity index (χ1v) is 5.94. The molecule has 2 aromatic carbocycles. The number of carboxylic acids is 1. The number of hydrogen-bond acceptors (Lipinski definition) is 4. The number of hydrogen-bond donors (Lipinski definition) is 1. The van der Waals surface area contributed by atoms with E-state index in [-0.39, 0.29) is 11.3 Å². The number of aromatic carboxylic acids is 1. The summed E-state index contributed by atoms with van der Waals surface area (Å²) in [5, 5.41) is 11.0. The second-order valence-electron chi connectivity index (χ2n) is 4.15. The van der Waals surface area contributed by atoms with Crippen molar-refractivity contribution in [3.05, 3.63) is 60.6 Å². The molecule has 1 heterocycles. The standard InChI is InChI=1S/C15H10N2O3/c18-15(19)12-7-10-3-1-2-4-11(10)8-13(12)20-14-5-6-16-9-17-14/h1-9H,(H,18,19). The van der Waals surface area contributed by atoms with Crippen molar-refractivity contribution in [3.63, 3.8) is 0 Å². The number of rotatable bonds is 3. The summed E-state index contributed by atoms with van der Waals surface area (Å²) < 4.78 is 5.55. The van der Waals surface area contributed by atoms with Gasteiger partial charge in [-0.3, -0.25) is 0 Å². The van der Waals surface area contributed by atoms with E-state index in [0.29, 0.717) is 5.88 Å². The lowest BCUT2D eigenvalue weighted by Crippen LogP contribution is -2.01. The van der Waals surface area contributed by atoms with Crippen molar-refractivity contribution in [2.45, 2.75) is 0 Å². The number of carboxylic acid groups (broad SMARTS) is 1. The predicted molar refractivity (Wildman–Crippen MR) is 73.0 cm³/mol. The molecule has 0 aliphatic heterocycles. The first-order valence-electron chi connectivity index (χ1n) is 5.94. The highest BCUT2D eigenvalue weighted by molar-refractivity contribution is 5.97. The van der Waals surface area contributed by atoms with E-state index < -0.39 is 5.97 Å². The van der Waals surface area contributed by atoms with Crippen LogP contribution in [0.2, 0.25) is 0 Å². The molecule has 0 saturated heterocycles. The van der Waals surface area contributed by atoms with Crippen molar-refractivity contribution >= 4 is 16.7 Å². The predicted octanol–water partition coefficient (Wildman–Crippen LogP) is 3.12. The number of carbonyl (C=O) groups is 1. The molecule has 0 spiro atoms. The molecule has 1 N–H and O–H groups in total. The van der Waals surface area contributed by atoms with E-state index in [1.165, 1.54) is 12.5 Å². The highest BCUT2D eigenvalue weighted by atomic mass is 16.5. The molecule has 0 unspecified atom stereocenters. The molecule has 1 aromatic heterocycles. The largest absolute Gasteiger partial charge is 0.478 e. The van der Waals surface area contributed by atoms with Gasteiger partial charge in [-0.15, -0.1) is 0 Å². The zero-order chi connectivity index (χ0) is 13.9. The van der Waals surface area contributed by atoms with Crippen LogP contribution in [0.25, 0.3) is 10.8 Å². The van der Waals surface area contributed by atoms with Gasteiger partial charge in [0.15, 0.2) is 0 Å². The molecule has 20 heavy (non-hydrogen) atoms. The SMILES string of the molecule is O=C(O)c1cc2ccccc2cc1Oc1ccncn1. The van der Waals surface area contributed by atoms with E-state index in [1.54, 1.807) is 18.2 Å². The zero-order valence-corrected chi connectivity index (χ0v) is 10.4. The molecule has 0 bridgehead atoms. The molecule has 0 saturated carbocycles. The minimum atomic E-state index is -1.04. The summed E-state index contributed by atoms with van der Waals surface area (Å²) in [5.74, 6) is -0.479. The third kappa shape index (κ3) is 2.29. The molecule has 0 radical (unpaired) electrons. The molecule has 0 atom stereocenters. The number of ether oxygens (including phenoxy) is 1. The third-order valence-corrected chi connectivity index (χ3v) is 2.85. The minimum Gasteiger partial charge on any atom is -0.478 e. The molecule has 5 heteroatoms. The van der Waals surface area contributed by atoms with Gasteiger partial charge in [0.1, 0.15) is 17.6 Å². The molecule has 3 rings (SSSR count). The quantitative estimate of drug-likeness (QED) is 0.788. The molecular formula is C15H10N2O3. The third-order valence-electron chi connectivity index (χ3n) is 2.85. The maximum absolute atomic E-state index is 11.3. The molecule has 5 nitrogen and oxygen atoms in total. The van der Waals surface area contributed by atoms with Gasteiger partial charge in [-0.05, 0) is 22.9 Å². The Balaban J connectivity index is 2.12. The first-order chi connectivity index (χ1) is 9.74. The lowest BCUT2D eigenvalue weighted by atomic mass is 10.1. The summed E-state index contributed by atoms with van der Waals surface area (Å²) in [6, 6.07) is 12.4. The van der Waals surface area contributed by atoms with Gasteiger partial charge >= 0.3 is 5.97 Å². The van der Waals surface area contributed by atoms with E-state index in [4.69, 9.17) is 4.74 Å². The van der Waals surface area contributed by atoms with E-state index in [1.807, 2.05) is 24.3 Å². The molecule has 0 aliphatic carbocycles. The van der Waals surface area contributed by atoms with E-state index in [9.17, 15) is 9.90 Å². The van der Waals surface area contributed by atoms with E-state index >= 15 is 0 Å². The molecule has 0 fully saturated rings. The molecule has 98 valence electrons. The van der Waals surface area contributed by atoms with Crippen LogP contribution in [0.3, 0.4) is 0 Å². The van der Waals surface area contributed by atoms with Crippen LogP contribution in [-0.4, -0.2) is 21.0 Å². The number of aromatic nitrogens is 2. The fourth-order valence-corrected chi connectivity index (χ4v) is 1.92. The molecular weight excluding hydrogens is 256 g/mol. The minimum absolute atomic E-state index is 0.0994. The summed E-state index contributed by atoms with van der Waals surface area (Å²) in [7, 11) is 0. The summed E-state index contributed by atoms with van der Waals surface area (Å²) in [6.07, 6.45) is 2.88. The van der Waals surface area contributed by atoms with Crippen LogP contribution in [0.5, 0.6) is 11.6 Å². The van der Waals surface area contributed by atoms with Gasteiger partial charge in [0.2, 0.25) is 5.88 Å². The number of fused-ring (bicyclic) bond motifs is 1. The van der Waals surface area contributed by atoms with Crippen LogP contribution in [-0.2, 0) is 0 Å². The van der Waals surface area contributed by atoms with Gasteiger partial charge in [-0.25, -0.2) is 14.8 Å². The second-order valence-corrected chi connectivity index (χ2v) is 4.15. The zero-order valence-electron chi connectivity index (χ0n) is 10.4. The summed E-state index contributed by atoms with van der Waals surface area (Å²) in [6.45, 7) is 0. The van der Waals surface area contributed by atoms with Gasteiger partial charge in [0, 0.05) is 12.3 Å². The lowest BCUT2D eigenvalue weighted by molar-refractivity contribution is 0.0694. The van der Waals surface area contributed by atoms with Crippen molar-refractivity contribution in [1.82, 2.24) is 9.97 Å². The monoisotopic (exact) mass is 266 g/mol. The normalized spacial score (nSPS) is 10.4. The average Bonchev–Trinajstić information content (AvgIpc) is 2.47. The van der Waals surface area contributed by atoms with Crippen molar-refractivity contribution in [1.29, 1.82) is 0 Å². The number of nitrogens with zero attached hydrogens (tertiary/aromatic N) is 2. The highest BCUT2D eigenvalue weighted by Crippen LogP contribution is 2.29. The van der Waals surface area contributed by atoms with Gasteiger partial charge in [0.25, 0.3) is 0 Å². The molecule has 0 aliphatic rings. The Bertz CT molecular complexity index is 772. The Kier molecular flexibility index (Phi) is 3.01. The second kappa shape index (κ2) is 4.97. The Morgan fingerprint density at radius 1 is 1.10 bits per heavy atom. The van der Waals surface area contributed by atoms with Crippen LogP contribution in [0.1, 0.15) is 10.4 Å². The summed E-state index contributed by atoms with van der Waals surface area (Å²) in [5.41, 5.74) is 0.0994. The lowest BCUT2D eigenvalue weighted by Gasteiger charge is -2.09. The Labute approximate surface area is 114 Å². The Morgan fingerprint density at radius 3 is 2.50 bits per heavy atom. The van der Waals surface area contributed by atoms with Gasteiger partial charge < -0.3 is 9.84 Å².